The van der Waals surface area contributed by atoms with Crippen LogP contribution in [0.5, 0.6) is 0 Å². The summed E-state index contributed by atoms with van der Waals surface area (Å²) in [6, 6.07) is 6.77. The summed E-state index contributed by atoms with van der Waals surface area (Å²) in [7, 11) is -3.64. The average molecular weight is 292 g/mol. The van der Waals surface area contributed by atoms with Crippen LogP contribution in [0, 0.1) is 6.92 Å². The summed E-state index contributed by atoms with van der Waals surface area (Å²) in [4.78, 5) is 8.04. The molecule has 0 aliphatic heterocycles. The third-order valence-corrected chi connectivity index (χ3v) is 4.17. The summed E-state index contributed by atoms with van der Waals surface area (Å²) in [6.45, 7) is 2.34. The van der Waals surface area contributed by atoms with E-state index in [1.807, 2.05) is 13.0 Å². The Labute approximate surface area is 118 Å². The van der Waals surface area contributed by atoms with Crippen molar-refractivity contribution in [3.05, 3.63) is 53.5 Å². The van der Waals surface area contributed by atoms with Gasteiger partial charge in [-0.05, 0) is 30.2 Å². The number of nitrogens with zero attached hydrogens (tertiary/aromatic N) is 2. The highest BCUT2D eigenvalue weighted by molar-refractivity contribution is 7.89. The van der Waals surface area contributed by atoms with Gasteiger partial charge in [0.2, 0.25) is 0 Å². The summed E-state index contributed by atoms with van der Waals surface area (Å²) in [5.41, 5.74) is 7.85. The largest absolute Gasteiger partial charge is 0.326 e. The van der Waals surface area contributed by atoms with Crippen molar-refractivity contribution in [2.24, 2.45) is 5.73 Å². The Morgan fingerprint density at radius 3 is 2.65 bits per heavy atom. The van der Waals surface area contributed by atoms with Crippen molar-refractivity contribution in [2.45, 2.75) is 25.0 Å². The first-order valence-corrected chi connectivity index (χ1v) is 7.56. The summed E-state index contributed by atoms with van der Waals surface area (Å²) in [5, 5.41) is -0.0247. The molecule has 0 radical (unpaired) electrons. The van der Waals surface area contributed by atoms with Gasteiger partial charge in [0.15, 0.2) is 5.03 Å². The summed E-state index contributed by atoms with van der Waals surface area (Å²) in [5.74, 6) is 0. The summed E-state index contributed by atoms with van der Waals surface area (Å²) >= 11 is 0. The fourth-order valence-corrected chi connectivity index (χ4v) is 2.54. The Hall–Kier alpha value is -1.83. The molecule has 2 aromatic heterocycles. The van der Waals surface area contributed by atoms with Crippen LogP contribution in [0.15, 0.2) is 41.7 Å². The lowest BCUT2D eigenvalue weighted by Gasteiger charge is -2.07. The molecular weight excluding hydrogens is 276 g/mol. The Bertz CT molecular complexity index is 684. The van der Waals surface area contributed by atoms with E-state index in [4.69, 9.17) is 5.73 Å². The zero-order chi connectivity index (χ0) is 14.6. The number of aryl methyl sites for hydroxylation is 1. The van der Waals surface area contributed by atoms with Crippen LogP contribution >= 0.6 is 0 Å². The molecule has 106 valence electrons. The maximum atomic E-state index is 12.1. The van der Waals surface area contributed by atoms with Crippen LogP contribution < -0.4 is 10.5 Å². The van der Waals surface area contributed by atoms with Crippen LogP contribution in [0.4, 0.5) is 0 Å². The lowest BCUT2D eigenvalue weighted by Crippen LogP contribution is -2.25. The molecule has 0 aliphatic carbocycles. The van der Waals surface area contributed by atoms with Gasteiger partial charge in [0, 0.05) is 18.9 Å². The molecule has 0 aromatic carbocycles. The second-order valence-corrected chi connectivity index (χ2v) is 6.01. The van der Waals surface area contributed by atoms with Crippen molar-refractivity contribution in [1.29, 1.82) is 0 Å². The zero-order valence-corrected chi connectivity index (χ0v) is 11.9. The molecule has 2 rings (SSSR count). The number of hydrogen-bond acceptors (Lipinski definition) is 5. The quantitative estimate of drug-likeness (QED) is 0.846. The molecule has 0 fully saturated rings. The van der Waals surface area contributed by atoms with Crippen LogP contribution in [0.25, 0.3) is 0 Å². The second-order valence-electron chi connectivity index (χ2n) is 4.30. The second kappa shape index (κ2) is 6.08. The van der Waals surface area contributed by atoms with Gasteiger partial charge in [0.05, 0.1) is 12.2 Å². The van der Waals surface area contributed by atoms with E-state index in [2.05, 4.69) is 14.7 Å². The molecule has 0 atom stereocenters. The van der Waals surface area contributed by atoms with Gasteiger partial charge < -0.3 is 5.73 Å². The monoisotopic (exact) mass is 292 g/mol. The minimum absolute atomic E-state index is 0.0247. The number of pyridine rings is 2. The fourth-order valence-electron chi connectivity index (χ4n) is 1.63. The highest BCUT2D eigenvalue weighted by atomic mass is 32.2. The molecular formula is C13H16N4O2S. The number of sulfonamides is 1. The molecule has 0 aliphatic rings. The molecule has 20 heavy (non-hydrogen) atoms. The van der Waals surface area contributed by atoms with Gasteiger partial charge in [-0.15, -0.1) is 0 Å². The van der Waals surface area contributed by atoms with Crippen molar-refractivity contribution < 1.29 is 8.42 Å². The van der Waals surface area contributed by atoms with Gasteiger partial charge in [-0.3, -0.25) is 4.98 Å². The van der Waals surface area contributed by atoms with Crippen LogP contribution in [0.3, 0.4) is 0 Å². The van der Waals surface area contributed by atoms with Crippen LogP contribution in [-0.4, -0.2) is 18.4 Å². The average Bonchev–Trinajstić information content (AvgIpc) is 2.46. The molecule has 0 saturated heterocycles. The SMILES string of the molecule is Cc1cccnc1CNS(=O)(=O)c1ccc(CN)cn1. The van der Waals surface area contributed by atoms with E-state index in [1.54, 1.807) is 18.3 Å². The molecule has 0 bridgehead atoms. The third kappa shape index (κ3) is 3.38. The van der Waals surface area contributed by atoms with Gasteiger partial charge in [0.1, 0.15) is 0 Å². The fraction of sp³-hybridized carbons (Fsp3) is 0.231. The maximum Gasteiger partial charge on any atom is 0.258 e. The number of aromatic nitrogens is 2. The molecule has 0 saturated carbocycles. The minimum Gasteiger partial charge on any atom is -0.326 e. The van der Waals surface area contributed by atoms with Gasteiger partial charge in [-0.25, -0.2) is 18.1 Å². The van der Waals surface area contributed by atoms with E-state index >= 15 is 0 Å². The highest BCUT2D eigenvalue weighted by Crippen LogP contribution is 2.08. The zero-order valence-electron chi connectivity index (χ0n) is 11.1. The van der Waals surface area contributed by atoms with Crippen molar-refractivity contribution in [3.63, 3.8) is 0 Å². The van der Waals surface area contributed by atoms with Crippen molar-refractivity contribution in [2.75, 3.05) is 0 Å². The van der Waals surface area contributed by atoms with E-state index in [0.717, 1.165) is 11.1 Å². The smallest absolute Gasteiger partial charge is 0.258 e. The first kappa shape index (κ1) is 14.6. The third-order valence-electron chi connectivity index (χ3n) is 2.86. The highest BCUT2D eigenvalue weighted by Gasteiger charge is 2.15. The minimum atomic E-state index is -3.64. The maximum absolute atomic E-state index is 12.1. The molecule has 0 amide bonds. The van der Waals surface area contributed by atoms with Crippen molar-refractivity contribution >= 4 is 10.0 Å². The molecule has 7 heteroatoms. The van der Waals surface area contributed by atoms with E-state index in [1.165, 1.54) is 12.3 Å². The van der Waals surface area contributed by atoms with Gasteiger partial charge in [-0.2, -0.15) is 0 Å². The first-order chi connectivity index (χ1) is 9.53. The Morgan fingerprint density at radius 1 is 1.25 bits per heavy atom. The Morgan fingerprint density at radius 2 is 2.05 bits per heavy atom. The topological polar surface area (TPSA) is 98.0 Å². The molecule has 3 N–H and O–H groups in total. The van der Waals surface area contributed by atoms with Crippen LogP contribution in [0.2, 0.25) is 0 Å². The van der Waals surface area contributed by atoms with E-state index in [9.17, 15) is 8.42 Å². The molecule has 2 heterocycles. The van der Waals surface area contributed by atoms with E-state index in [-0.39, 0.29) is 11.6 Å². The normalized spacial score (nSPS) is 11.5. The Balaban J connectivity index is 2.13. The summed E-state index contributed by atoms with van der Waals surface area (Å²) in [6.07, 6.45) is 3.09. The van der Waals surface area contributed by atoms with Crippen LogP contribution in [-0.2, 0) is 23.1 Å². The Kier molecular flexibility index (Phi) is 4.43. The lowest BCUT2D eigenvalue weighted by molar-refractivity contribution is 0.576. The lowest BCUT2D eigenvalue weighted by atomic mass is 10.2. The number of hydrogen-bond donors (Lipinski definition) is 2. The standard InChI is InChI=1S/C13H16N4O2S/c1-10-3-2-6-15-12(10)9-17-20(18,19)13-5-4-11(7-14)8-16-13/h2-6,8,17H,7,9,14H2,1H3. The molecule has 0 spiro atoms. The van der Waals surface area contributed by atoms with Crippen LogP contribution in [0.1, 0.15) is 16.8 Å². The van der Waals surface area contributed by atoms with Gasteiger partial charge in [-0.1, -0.05) is 12.1 Å². The number of nitrogens with one attached hydrogen (secondary N) is 1. The predicted molar refractivity (Wildman–Crippen MR) is 75.1 cm³/mol. The van der Waals surface area contributed by atoms with Gasteiger partial charge in [0.25, 0.3) is 10.0 Å². The summed E-state index contributed by atoms with van der Waals surface area (Å²) < 4.78 is 26.7. The number of rotatable bonds is 5. The molecule has 6 nitrogen and oxygen atoms in total. The number of nitrogens with two attached hydrogens (primary N) is 1. The van der Waals surface area contributed by atoms with Crippen molar-refractivity contribution in [3.8, 4) is 0 Å². The molecule has 0 unspecified atom stereocenters. The van der Waals surface area contributed by atoms with E-state index in [0.29, 0.717) is 12.2 Å². The van der Waals surface area contributed by atoms with E-state index < -0.39 is 10.0 Å². The molecule has 2 aromatic rings. The van der Waals surface area contributed by atoms with Crippen molar-refractivity contribution in [1.82, 2.24) is 14.7 Å². The predicted octanol–water partition coefficient (Wildman–Crippen LogP) is 0.722. The first-order valence-electron chi connectivity index (χ1n) is 6.08. The van der Waals surface area contributed by atoms with Gasteiger partial charge >= 0.3 is 0 Å².